The van der Waals surface area contributed by atoms with Gasteiger partial charge in [0.2, 0.25) is 5.91 Å². The van der Waals surface area contributed by atoms with Crippen molar-refractivity contribution in [3.8, 4) is 0 Å². The molecule has 1 aliphatic heterocycles. The Kier molecular flexibility index (Phi) is 3.19. The highest BCUT2D eigenvalue weighted by atomic mass is 35.5. The number of nitrogens with one attached hydrogen (secondary N) is 1. The van der Waals surface area contributed by atoms with Crippen LogP contribution in [0.3, 0.4) is 0 Å². The van der Waals surface area contributed by atoms with E-state index in [-0.39, 0.29) is 11.9 Å². The van der Waals surface area contributed by atoms with Gasteiger partial charge in [-0.1, -0.05) is 12.1 Å². The molecule has 1 fully saturated rings. The number of halogens is 1. The molecule has 0 bridgehead atoms. The molecular formula is C14H16ClN3O. The Hall–Kier alpha value is -1.55. The molecule has 1 aliphatic rings. The topological polar surface area (TPSA) is 46.9 Å². The second-order valence-corrected chi connectivity index (χ2v) is 5.29. The van der Waals surface area contributed by atoms with Gasteiger partial charge in [-0.3, -0.25) is 4.79 Å². The van der Waals surface area contributed by atoms with Crippen LogP contribution in [0.5, 0.6) is 0 Å². The third kappa shape index (κ3) is 2.21. The Bertz CT molecular complexity index is 635. The molecule has 4 nitrogen and oxygen atoms in total. The van der Waals surface area contributed by atoms with E-state index >= 15 is 0 Å². The van der Waals surface area contributed by atoms with E-state index in [9.17, 15) is 4.79 Å². The third-order valence-corrected chi connectivity index (χ3v) is 3.89. The smallest absolute Gasteiger partial charge is 0.220 e. The summed E-state index contributed by atoms with van der Waals surface area (Å²) in [5.41, 5.74) is 3.28. The second kappa shape index (κ2) is 4.85. The largest absolute Gasteiger partial charge is 0.352 e. The van der Waals surface area contributed by atoms with Gasteiger partial charge < -0.3 is 9.88 Å². The minimum atomic E-state index is 0.138. The SMILES string of the molecule is Cc1cccc2nc(CCl)n(CC3CCC(=O)N3)c12. The van der Waals surface area contributed by atoms with Crippen molar-refractivity contribution in [2.75, 3.05) is 0 Å². The zero-order valence-electron chi connectivity index (χ0n) is 10.8. The zero-order chi connectivity index (χ0) is 13.4. The van der Waals surface area contributed by atoms with Crippen molar-refractivity contribution in [2.45, 2.75) is 38.2 Å². The lowest BCUT2D eigenvalue weighted by Gasteiger charge is -2.14. The fourth-order valence-corrected chi connectivity index (χ4v) is 2.95. The number of benzene rings is 1. The molecule has 1 aromatic carbocycles. The number of carbonyl (C=O) groups excluding carboxylic acids is 1. The maximum absolute atomic E-state index is 11.3. The average Bonchev–Trinajstić information content (AvgIpc) is 2.95. The van der Waals surface area contributed by atoms with Crippen molar-refractivity contribution >= 4 is 28.5 Å². The van der Waals surface area contributed by atoms with Crippen molar-refractivity contribution in [1.29, 1.82) is 0 Å². The van der Waals surface area contributed by atoms with Gasteiger partial charge in [-0.25, -0.2) is 4.98 Å². The van der Waals surface area contributed by atoms with Crippen molar-refractivity contribution in [1.82, 2.24) is 14.9 Å². The highest BCUT2D eigenvalue weighted by molar-refractivity contribution is 6.16. The van der Waals surface area contributed by atoms with E-state index in [0.717, 1.165) is 29.8 Å². The molecular weight excluding hydrogens is 262 g/mol. The summed E-state index contributed by atoms with van der Waals surface area (Å²) >= 11 is 6.00. The number of nitrogens with zero attached hydrogens (tertiary/aromatic N) is 2. The van der Waals surface area contributed by atoms with Crippen LogP contribution < -0.4 is 5.32 Å². The monoisotopic (exact) mass is 277 g/mol. The number of rotatable bonds is 3. The molecule has 100 valence electrons. The second-order valence-electron chi connectivity index (χ2n) is 5.02. The van der Waals surface area contributed by atoms with Crippen LogP contribution in [-0.2, 0) is 17.2 Å². The number of amides is 1. The van der Waals surface area contributed by atoms with E-state index < -0.39 is 0 Å². The number of aromatic nitrogens is 2. The van der Waals surface area contributed by atoms with Gasteiger partial charge in [0.25, 0.3) is 0 Å². The van der Waals surface area contributed by atoms with Gasteiger partial charge in [-0.15, -0.1) is 11.6 Å². The summed E-state index contributed by atoms with van der Waals surface area (Å²) in [7, 11) is 0. The Morgan fingerprint density at radius 3 is 3.05 bits per heavy atom. The Labute approximate surface area is 116 Å². The number of imidazole rings is 1. The van der Waals surface area contributed by atoms with E-state index in [1.807, 2.05) is 12.1 Å². The summed E-state index contributed by atoms with van der Waals surface area (Å²) in [5, 5.41) is 3.00. The fraction of sp³-hybridized carbons (Fsp3) is 0.429. The van der Waals surface area contributed by atoms with Crippen LogP contribution in [0.4, 0.5) is 0 Å². The van der Waals surface area contributed by atoms with Crippen LogP contribution in [-0.4, -0.2) is 21.5 Å². The Balaban J connectivity index is 2.03. The highest BCUT2D eigenvalue weighted by Gasteiger charge is 2.23. The molecule has 5 heteroatoms. The molecule has 1 saturated heterocycles. The fourth-order valence-electron chi connectivity index (χ4n) is 2.75. The average molecular weight is 278 g/mol. The van der Waals surface area contributed by atoms with Gasteiger partial charge >= 0.3 is 0 Å². The van der Waals surface area contributed by atoms with Crippen LogP contribution in [0, 0.1) is 6.92 Å². The summed E-state index contributed by atoms with van der Waals surface area (Å²) in [5.74, 6) is 1.39. The first-order valence-electron chi connectivity index (χ1n) is 6.49. The maximum Gasteiger partial charge on any atom is 0.220 e. The lowest BCUT2D eigenvalue weighted by atomic mass is 10.2. The quantitative estimate of drug-likeness (QED) is 0.876. The third-order valence-electron chi connectivity index (χ3n) is 3.65. The van der Waals surface area contributed by atoms with Gasteiger partial charge in [0.1, 0.15) is 5.82 Å². The molecule has 1 aromatic heterocycles. The molecule has 19 heavy (non-hydrogen) atoms. The lowest BCUT2D eigenvalue weighted by Crippen LogP contribution is -2.30. The van der Waals surface area contributed by atoms with E-state index in [0.29, 0.717) is 12.3 Å². The van der Waals surface area contributed by atoms with Crippen LogP contribution in [0.1, 0.15) is 24.2 Å². The highest BCUT2D eigenvalue weighted by Crippen LogP contribution is 2.22. The van der Waals surface area contributed by atoms with E-state index in [1.165, 1.54) is 5.56 Å². The molecule has 1 unspecified atom stereocenters. The summed E-state index contributed by atoms with van der Waals surface area (Å²) in [6.45, 7) is 2.82. The molecule has 1 atom stereocenters. The van der Waals surface area contributed by atoms with Crippen LogP contribution in [0.15, 0.2) is 18.2 Å². The first-order chi connectivity index (χ1) is 9.19. The molecule has 0 radical (unpaired) electrons. The minimum absolute atomic E-state index is 0.138. The summed E-state index contributed by atoms with van der Waals surface area (Å²) in [4.78, 5) is 15.9. The van der Waals surface area contributed by atoms with Gasteiger partial charge in [0, 0.05) is 19.0 Å². The minimum Gasteiger partial charge on any atom is -0.352 e. The van der Waals surface area contributed by atoms with Gasteiger partial charge in [-0.05, 0) is 25.0 Å². The van der Waals surface area contributed by atoms with Gasteiger partial charge in [0.15, 0.2) is 0 Å². The summed E-state index contributed by atoms with van der Waals surface area (Å²) in [6, 6.07) is 6.27. The normalized spacial score (nSPS) is 19.1. The number of alkyl halides is 1. The molecule has 0 aliphatic carbocycles. The van der Waals surface area contributed by atoms with Crippen molar-refractivity contribution < 1.29 is 4.79 Å². The van der Waals surface area contributed by atoms with Crippen LogP contribution in [0.2, 0.25) is 0 Å². The number of fused-ring (bicyclic) bond motifs is 1. The van der Waals surface area contributed by atoms with E-state index in [2.05, 4.69) is 27.9 Å². The van der Waals surface area contributed by atoms with Crippen LogP contribution >= 0.6 is 11.6 Å². The number of hydrogen-bond donors (Lipinski definition) is 1. The first-order valence-corrected chi connectivity index (χ1v) is 7.02. The van der Waals surface area contributed by atoms with Gasteiger partial charge in [-0.2, -0.15) is 0 Å². The Morgan fingerprint density at radius 2 is 2.37 bits per heavy atom. The number of para-hydroxylation sites is 1. The molecule has 1 amide bonds. The number of carbonyl (C=O) groups is 1. The molecule has 3 rings (SSSR count). The first kappa shape index (κ1) is 12.5. The summed E-state index contributed by atoms with van der Waals surface area (Å²) in [6.07, 6.45) is 1.50. The molecule has 1 N–H and O–H groups in total. The van der Waals surface area contributed by atoms with E-state index in [1.54, 1.807) is 0 Å². The zero-order valence-corrected chi connectivity index (χ0v) is 11.6. The van der Waals surface area contributed by atoms with E-state index in [4.69, 9.17) is 11.6 Å². The summed E-state index contributed by atoms with van der Waals surface area (Å²) < 4.78 is 2.15. The maximum atomic E-state index is 11.3. The number of hydrogen-bond acceptors (Lipinski definition) is 2. The molecule has 2 heterocycles. The van der Waals surface area contributed by atoms with Crippen molar-refractivity contribution in [3.63, 3.8) is 0 Å². The molecule has 2 aromatic rings. The predicted molar refractivity (Wildman–Crippen MR) is 75.2 cm³/mol. The van der Waals surface area contributed by atoms with Gasteiger partial charge in [0.05, 0.1) is 16.9 Å². The standard InChI is InChI=1S/C14H16ClN3O/c1-9-3-2-4-11-14(9)18(12(7-15)17-11)8-10-5-6-13(19)16-10/h2-4,10H,5-8H2,1H3,(H,16,19). The predicted octanol–water partition coefficient (Wildman–Crippen LogP) is 2.36. The lowest BCUT2D eigenvalue weighted by molar-refractivity contribution is -0.119. The van der Waals surface area contributed by atoms with Crippen LogP contribution in [0.25, 0.3) is 11.0 Å². The van der Waals surface area contributed by atoms with Crippen molar-refractivity contribution in [2.24, 2.45) is 0 Å². The molecule has 0 spiro atoms. The van der Waals surface area contributed by atoms with Crippen molar-refractivity contribution in [3.05, 3.63) is 29.6 Å². The number of aryl methyl sites for hydroxylation is 1. The Morgan fingerprint density at radius 1 is 1.53 bits per heavy atom. The molecule has 0 saturated carbocycles.